The highest BCUT2D eigenvalue weighted by Gasteiger charge is 2.15. The molecule has 12 heavy (non-hydrogen) atoms. The number of aromatic nitrogens is 2. The molecule has 0 aliphatic carbocycles. The van der Waals surface area contributed by atoms with E-state index < -0.39 is 0 Å². The Morgan fingerprint density at radius 2 is 2.08 bits per heavy atom. The lowest BCUT2D eigenvalue weighted by Gasteiger charge is -2.10. The van der Waals surface area contributed by atoms with Crippen LogP contribution in [0.15, 0.2) is 4.63 Å². The van der Waals surface area contributed by atoms with E-state index >= 15 is 0 Å². The molecule has 68 valence electrons. The minimum Gasteiger partial charge on any atom is -0.322 e. The second-order valence-corrected chi connectivity index (χ2v) is 3.47. The van der Waals surface area contributed by atoms with Crippen molar-refractivity contribution in [1.29, 1.82) is 0 Å². The van der Waals surface area contributed by atoms with E-state index in [-0.39, 0.29) is 6.04 Å². The van der Waals surface area contributed by atoms with E-state index in [2.05, 4.69) is 28.8 Å². The lowest BCUT2D eigenvalue weighted by molar-refractivity contribution is 0.297. The normalized spacial score (nSPS) is 13.8. The maximum Gasteiger partial charge on any atom is 0.124 e. The molecule has 1 unspecified atom stereocenters. The van der Waals surface area contributed by atoms with Crippen molar-refractivity contribution in [3.05, 3.63) is 11.4 Å². The first-order valence-corrected chi connectivity index (χ1v) is 4.16. The van der Waals surface area contributed by atoms with Crippen LogP contribution >= 0.6 is 0 Å². The summed E-state index contributed by atoms with van der Waals surface area (Å²) < 4.78 is 4.57. The summed E-state index contributed by atoms with van der Waals surface area (Å²) in [5.74, 6) is 0.566. The lowest BCUT2D eigenvalue weighted by Crippen LogP contribution is -2.14. The van der Waals surface area contributed by atoms with Crippen molar-refractivity contribution in [3.8, 4) is 0 Å². The number of nitrogens with two attached hydrogens (primary N) is 1. The maximum atomic E-state index is 5.88. The average molecular weight is 169 g/mol. The molecule has 0 aromatic carbocycles. The minimum absolute atomic E-state index is 0.0451. The molecule has 1 aromatic heterocycles. The van der Waals surface area contributed by atoms with Gasteiger partial charge in [0.2, 0.25) is 0 Å². The summed E-state index contributed by atoms with van der Waals surface area (Å²) in [5.41, 5.74) is 7.45. The molecule has 0 radical (unpaired) electrons. The summed E-state index contributed by atoms with van der Waals surface area (Å²) in [5, 5.41) is 7.44. The fourth-order valence-electron chi connectivity index (χ4n) is 1.19. The van der Waals surface area contributed by atoms with Crippen LogP contribution in [-0.2, 0) is 0 Å². The van der Waals surface area contributed by atoms with Crippen LogP contribution in [0.4, 0.5) is 0 Å². The van der Waals surface area contributed by atoms with Crippen molar-refractivity contribution < 1.29 is 4.63 Å². The van der Waals surface area contributed by atoms with E-state index in [0.29, 0.717) is 5.92 Å². The monoisotopic (exact) mass is 169 g/mol. The molecule has 1 aromatic rings. The van der Waals surface area contributed by atoms with Crippen molar-refractivity contribution in [2.45, 2.75) is 33.2 Å². The molecule has 0 amide bonds. The molecule has 0 aliphatic rings. The van der Waals surface area contributed by atoms with Gasteiger partial charge in [-0.25, -0.2) is 4.63 Å². The van der Waals surface area contributed by atoms with E-state index in [1.165, 1.54) is 0 Å². The molecule has 1 rings (SSSR count). The minimum atomic E-state index is -0.0451. The summed E-state index contributed by atoms with van der Waals surface area (Å²) in [7, 11) is 0. The van der Waals surface area contributed by atoms with E-state index in [4.69, 9.17) is 5.73 Å². The number of nitrogens with zero attached hydrogens (tertiary/aromatic N) is 2. The van der Waals surface area contributed by atoms with Crippen molar-refractivity contribution in [1.82, 2.24) is 10.3 Å². The summed E-state index contributed by atoms with van der Waals surface area (Å²) in [6.45, 7) is 6.11. The summed E-state index contributed by atoms with van der Waals surface area (Å²) in [4.78, 5) is 0. The lowest BCUT2D eigenvalue weighted by atomic mass is 10.0. The SMILES string of the molecule is Cc1nonc1C(N)CC(C)C. The Kier molecular flexibility index (Phi) is 2.81. The third-order valence-electron chi connectivity index (χ3n) is 1.76. The zero-order chi connectivity index (χ0) is 9.14. The molecule has 4 nitrogen and oxygen atoms in total. The van der Waals surface area contributed by atoms with Crippen LogP contribution in [-0.4, -0.2) is 10.3 Å². The Morgan fingerprint density at radius 3 is 2.50 bits per heavy atom. The molecular formula is C8H15N3O. The van der Waals surface area contributed by atoms with E-state index in [1.54, 1.807) is 0 Å². The van der Waals surface area contributed by atoms with E-state index in [0.717, 1.165) is 17.8 Å². The van der Waals surface area contributed by atoms with Gasteiger partial charge in [-0.1, -0.05) is 24.2 Å². The Labute approximate surface area is 72.1 Å². The van der Waals surface area contributed by atoms with Crippen molar-refractivity contribution >= 4 is 0 Å². The smallest absolute Gasteiger partial charge is 0.124 e. The van der Waals surface area contributed by atoms with Crippen molar-refractivity contribution in [2.24, 2.45) is 11.7 Å². The third kappa shape index (κ3) is 2.04. The largest absolute Gasteiger partial charge is 0.322 e. The Bertz CT molecular complexity index is 244. The quantitative estimate of drug-likeness (QED) is 0.743. The van der Waals surface area contributed by atoms with Crippen LogP contribution < -0.4 is 5.73 Å². The molecule has 4 heteroatoms. The molecule has 0 aliphatic heterocycles. The van der Waals surface area contributed by atoms with Gasteiger partial charge in [0.15, 0.2) is 0 Å². The van der Waals surface area contributed by atoms with Gasteiger partial charge in [-0.3, -0.25) is 0 Å². The van der Waals surface area contributed by atoms with Crippen molar-refractivity contribution in [3.63, 3.8) is 0 Å². The molecule has 0 spiro atoms. The Hall–Kier alpha value is -0.900. The van der Waals surface area contributed by atoms with Gasteiger partial charge >= 0.3 is 0 Å². The van der Waals surface area contributed by atoms with Crippen LogP contribution in [0.2, 0.25) is 0 Å². The van der Waals surface area contributed by atoms with Gasteiger partial charge in [0.1, 0.15) is 11.4 Å². The number of hydrogen-bond donors (Lipinski definition) is 1. The molecule has 0 saturated heterocycles. The second-order valence-electron chi connectivity index (χ2n) is 3.47. The predicted octanol–water partition coefficient (Wildman–Crippen LogP) is 1.42. The van der Waals surface area contributed by atoms with E-state index in [1.807, 2.05) is 6.92 Å². The summed E-state index contributed by atoms with van der Waals surface area (Å²) in [6, 6.07) is -0.0451. The standard InChI is InChI=1S/C8H15N3O/c1-5(2)4-7(9)8-6(3)10-12-11-8/h5,7H,4,9H2,1-3H3. The first-order valence-electron chi connectivity index (χ1n) is 4.16. The van der Waals surface area contributed by atoms with Gasteiger partial charge in [0.25, 0.3) is 0 Å². The van der Waals surface area contributed by atoms with Gasteiger partial charge < -0.3 is 5.73 Å². The topological polar surface area (TPSA) is 64.9 Å². The summed E-state index contributed by atoms with van der Waals surface area (Å²) in [6.07, 6.45) is 0.912. The van der Waals surface area contributed by atoms with Gasteiger partial charge in [0, 0.05) is 0 Å². The Balaban J connectivity index is 2.65. The van der Waals surface area contributed by atoms with E-state index in [9.17, 15) is 0 Å². The zero-order valence-electron chi connectivity index (χ0n) is 7.74. The highest BCUT2D eigenvalue weighted by Crippen LogP contribution is 2.18. The average Bonchev–Trinajstić information content (AvgIpc) is 2.33. The van der Waals surface area contributed by atoms with Gasteiger partial charge in [-0.05, 0) is 19.3 Å². The van der Waals surface area contributed by atoms with Gasteiger partial charge in [0.05, 0.1) is 6.04 Å². The van der Waals surface area contributed by atoms with Crippen molar-refractivity contribution in [2.75, 3.05) is 0 Å². The van der Waals surface area contributed by atoms with Crippen LogP contribution in [0, 0.1) is 12.8 Å². The molecule has 0 bridgehead atoms. The van der Waals surface area contributed by atoms with Crippen LogP contribution in [0.1, 0.15) is 37.7 Å². The predicted molar refractivity (Wildman–Crippen MR) is 45.4 cm³/mol. The second kappa shape index (κ2) is 3.67. The number of aryl methyl sites for hydroxylation is 1. The Morgan fingerprint density at radius 1 is 1.42 bits per heavy atom. The number of hydrogen-bond acceptors (Lipinski definition) is 4. The molecular weight excluding hydrogens is 154 g/mol. The molecule has 0 fully saturated rings. The molecule has 1 atom stereocenters. The van der Waals surface area contributed by atoms with Crippen LogP contribution in [0.3, 0.4) is 0 Å². The maximum absolute atomic E-state index is 5.88. The van der Waals surface area contributed by atoms with Gasteiger partial charge in [-0.2, -0.15) is 0 Å². The zero-order valence-corrected chi connectivity index (χ0v) is 7.74. The summed E-state index contributed by atoms with van der Waals surface area (Å²) >= 11 is 0. The van der Waals surface area contributed by atoms with Gasteiger partial charge in [-0.15, -0.1) is 0 Å². The molecule has 2 N–H and O–H groups in total. The molecule has 1 heterocycles. The third-order valence-corrected chi connectivity index (χ3v) is 1.76. The molecule has 0 saturated carbocycles. The highest BCUT2D eigenvalue weighted by atomic mass is 16.6. The first-order chi connectivity index (χ1) is 5.61. The fourth-order valence-corrected chi connectivity index (χ4v) is 1.19. The fraction of sp³-hybridized carbons (Fsp3) is 0.750. The number of rotatable bonds is 3. The highest BCUT2D eigenvalue weighted by molar-refractivity contribution is 5.09. The van der Waals surface area contributed by atoms with Crippen LogP contribution in [0.25, 0.3) is 0 Å². The first kappa shape index (κ1) is 9.19. The van der Waals surface area contributed by atoms with Crippen LogP contribution in [0.5, 0.6) is 0 Å².